The first-order valence-corrected chi connectivity index (χ1v) is 18.8. The highest BCUT2D eigenvalue weighted by molar-refractivity contribution is 7.97. The largest absolute Gasteiger partial charge is 0.482 e. The first-order valence-electron chi connectivity index (χ1n) is 15.9. The molecule has 0 saturated heterocycles. The molecule has 4 fully saturated rings. The molecule has 4 aromatic rings. The Kier molecular flexibility index (Phi) is 8.25. The van der Waals surface area contributed by atoms with Gasteiger partial charge in [-0.3, -0.25) is 0 Å². The first-order chi connectivity index (χ1) is 21.8. The zero-order valence-corrected chi connectivity index (χ0v) is 27.1. The minimum atomic E-state index is -3.57. The number of carbonyl (C=O) groups is 1. The second kappa shape index (κ2) is 12.3. The standard InChI is InChI=1S/C38H39O5S2/c1-38(30-21-28-20-29(23-30)24-31(38)22-28)43-37(39)25-42-32-14-12-27(13-15-32)26-45(40,41)36-18-16-35(17-19-36)44(33-8-4-2-5-9-33)34-10-6-3-7-11-34/h2-19,28-31H,20-26H2,1H3/q+1. The maximum absolute atomic E-state index is 13.4. The molecule has 0 aromatic heterocycles. The summed E-state index contributed by atoms with van der Waals surface area (Å²) in [5, 5.41) is 0. The fraction of sp³-hybridized carbons (Fsp3) is 0.342. The van der Waals surface area contributed by atoms with Crippen LogP contribution in [0.3, 0.4) is 0 Å². The van der Waals surface area contributed by atoms with Gasteiger partial charge in [0.25, 0.3) is 0 Å². The van der Waals surface area contributed by atoms with Gasteiger partial charge < -0.3 is 9.47 Å². The van der Waals surface area contributed by atoms with Crippen molar-refractivity contribution >= 4 is 26.7 Å². The summed E-state index contributed by atoms with van der Waals surface area (Å²) >= 11 is 0. The molecule has 4 aliphatic carbocycles. The van der Waals surface area contributed by atoms with Gasteiger partial charge in [-0.1, -0.05) is 48.5 Å². The minimum absolute atomic E-state index is 0.124. The van der Waals surface area contributed by atoms with E-state index in [2.05, 4.69) is 31.2 Å². The lowest BCUT2D eigenvalue weighted by Crippen LogP contribution is -2.58. The van der Waals surface area contributed by atoms with Gasteiger partial charge in [-0.25, -0.2) is 13.2 Å². The zero-order chi connectivity index (χ0) is 31.0. The number of ether oxygens (including phenoxy) is 2. The second-order valence-corrected chi connectivity index (χ2v) is 17.1. The third-order valence-electron chi connectivity index (χ3n) is 10.1. The molecule has 4 bridgehead atoms. The van der Waals surface area contributed by atoms with E-state index in [1.165, 1.54) is 41.9 Å². The van der Waals surface area contributed by atoms with Gasteiger partial charge in [-0.15, -0.1) is 0 Å². The second-order valence-electron chi connectivity index (χ2n) is 13.1. The van der Waals surface area contributed by atoms with Crippen molar-refractivity contribution in [3.8, 4) is 5.75 Å². The molecule has 4 aliphatic rings. The van der Waals surface area contributed by atoms with Crippen molar-refractivity contribution in [1.29, 1.82) is 0 Å². The van der Waals surface area contributed by atoms with Crippen LogP contribution in [0.1, 0.15) is 44.6 Å². The van der Waals surface area contributed by atoms with Crippen molar-refractivity contribution in [2.24, 2.45) is 23.7 Å². The molecule has 4 saturated carbocycles. The molecular formula is C38H39O5S2+. The Balaban J connectivity index is 0.972. The van der Waals surface area contributed by atoms with Crippen molar-refractivity contribution in [2.45, 2.75) is 70.0 Å². The topological polar surface area (TPSA) is 69.7 Å². The lowest BCUT2D eigenvalue weighted by molar-refractivity contribution is -0.204. The molecule has 0 heterocycles. The van der Waals surface area contributed by atoms with Crippen LogP contribution in [-0.4, -0.2) is 26.6 Å². The first kappa shape index (κ1) is 30.1. The van der Waals surface area contributed by atoms with Crippen LogP contribution in [0.15, 0.2) is 129 Å². The van der Waals surface area contributed by atoms with Crippen LogP contribution in [0, 0.1) is 23.7 Å². The molecule has 8 rings (SSSR count). The summed E-state index contributed by atoms with van der Waals surface area (Å²) in [4.78, 5) is 16.5. The number of hydrogen-bond acceptors (Lipinski definition) is 5. The molecule has 0 N–H and O–H groups in total. The Morgan fingerprint density at radius 2 is 1.22 bits per heavy atom. The molecule has 0 aliphatic heterocycles. The predicted molar refractivity (Wildman–Crippen MR) is 176 cm³/mol. The molecule has 45 heavy (non-hydrogen) atoms. The van der Waals surface area contributed by atoms with Crippen LogP contribution in [-0.2, 0) is 36.0 Å². The highest BCUT2D eigenvalue weighted by Gasteiger charge is 2.57. The summed E-state index contributed by atoms with van der Waals surface area (Å²) in [6.07, 6.45) is 6.06. The number of hydrogen-bond donors (Lipinski definition) is 0. The molecule has 232 valence electrons. The monoisotopic (exact) mass is 639 g/mol. The summed E-state index contributed by atoms with van der Waals surface area (Å²) < 4.78 is 38.6. The Morgan fingerprint density at radius 1 is 0.711 bits per heavy atom. The molecule has 0 spiro atoms. The number of rotatable bonds is 10. The molecule has 7 heteroatoms. The Morgan fingerprint density at radius 3 is 1.76 bits per heavy atom. The third-order valence-corrected chi connectivity index (χ3v) is 14.0. The van der Waals surface area contributed by atoms with Gasteiger partial charge in [0.15, 0.2) is 31.1 Å². The van der Waals surface area contributed by atoms with E-state index in [1.54, 1.807) is 36.4 Å². The van der Waals surface area contributed by atoms with E-state index in [4.69, 9.17) is 9.47 Å². The predicted octanol–water partition coefficient (Wildman–Crippen LogP) is 7.89. The summed E-state index contributed by atoms with van der Waals surface area (Å²) in [5.74, 6) is 2.60. The van der Waals surface area contributed by atoms with Crippen LogP contribution in [0.4, 0.5) is 0 Å². The third kappa shape index (κ3) is 6.30. The summed E-state index contributed by atoms with van der Waals surface area (Å²) in [7, 11) is -3.91. The maximum Gasteiger partial charge on any atom is 0.344 e. The number of carbonyl (C=O) groups excluding carboxylic acids is 1. The van der Waals surface area contributed by atoms with Gasteiger partial charge >= 0.3 is 5.97 Å². The van der Waals surface area contributed by atoms with Crippen LogP contribution in [0.25, 0.3) is 0 Å². The highest BCUT2D eigenvalue weighted by Crippen LogP contribution is 2.59. The molecule has 0 radical (unpaired) electrons. The Hall–Kier alpha value is -3.55. The van der Waals surface area contributed by atoms with Gasteiger partial charge in [-0.05, 0) is 129 Å². The van der Waals surface area contributed by atoms with Gasteiger partial charge in [0.05, 0.1) is 21.5 Å². The van der Waals surface area contributed by atoms with E-state index >= 15 is 0 Å². The van der Waals surface area contributed by atoms with E-state index in [0.717, 1.165) is 16.7 Å². The lowest BCUT2D eigenvalue weighted by Gasteiger charge is -2.59. The van der Waals surface area contributed by atoms with Crippen molar-refractivity contribution < 1.29 is 22.7 Å². The minimum Gasteiger partial charge on any atom is -0.482 e. The smallest absolute Gasteiger partial charge is 0.344 e. The van der Waals surface area contributed by atoms with E-state index in [-0.39, 0.29) is 39.7 Å². The molecule has 0 amide bonds. The van der Waals surface area contributed by atoms with Crippen molar-refractivity contribution in [1.82, 2.24) is 0 Å². The van der Waals surface area contributed by atoms with E-state index < -0.39 is 9.84 Å². The number of sulfone groups is 1. The van der Waals surface area contributed by atoms with E-state index in [0.29, 0.717) is 23.1 Å². The quantitative estimate of drug-likeness (QED) is 0.130. The van der Waals surface area contributed by atoms with Crippen LogP contribution >= 0.6 is 0 Å². The molecule has 4 aromatic carbocycles. The average molecular weight is 640 g/mol. The van der Waals surface area contributed by atoms with Crippen LogP contribution in [0.5, 0.6) is 5.75 Å². The van der Waals surface area contributed by atoms with Gasteiger partial charge in [0.1, 0.15) is 11.4 Å². The highest BCUT2D eigenvalue weighted by atomic mass is 32.2. The fourth-order valence-corrected chi connectivity index (χ4v) is 11.4. The van der Waals surface area contributed by atoms with E-state index in [1.807, 2.05) is 48.5 Å². The summed E-state index contributed by atoms with van der Waals surface area (Å²) in [6, 6.07) is 34.8. The maximum atomic E-state index is 13.4. The number of esters is 1. The molecule has 0 atom stereocenters. The Labute approximate surface area is 269 Å². The summed E-state index contributed by atoms with van der Waals surface area (Å²) in [6.45, 7) is 1.98. The van der Waals surface area contributed by atoms with Crippen molar-refractivity contribution in [3.05, 3.63) is 115 Å². The number of benzene rings is 4. The zero-order valence-electron chi connectivity index (χ0n) is 25.5. The van der Waals surface area contributed by atoms with Crippen molar-refractivity contribution in [2.75, 3.05) is 6.61 Å². The Bertz CT molecular complexity index is 1670. The normalized spacial score (nSPS) is 25.3. The van der Waals surface area contributed by atoms with Gasteiger partial charge in [0, 0.05) is 0 Å². The molecular weight excluding hydrogens is 601 g/mol. The van der Waals surface area contributed by atoms with E-state index in [9.17, 15) is 13.2 Å². The summed E-state index contributed by atoms with van der Waals surface area (Å²) in [5.41, 5.74) is 0.276. The molecule has 0 unspecified atom stereocenters. The SMILES string of the molecule is CC1(OC(=O)COc2ccc(CS(=O)(=O)c3ccc([S+](c4ccccc4)c4ccccc4)cc3)cc2)C2CC3CC(C2)CC1C3. The molecule has 5 nitrogen and oxygen atoms in total. The van der Waals surface area contributed by atoms with Gasteiger partial charge in [-0.2, -0.15) is 0 Å². The average Bonchev–Trinajstić information content (AvgIpc) is 3.04. The lowest BCUT2D eigenvalue weighted by atomic mass is 9.50. The van der Waals surface area contributed by atoms with Gasteiger partial charge in [0.2, 0.25) is 0 Å². The van der Waals surface area contributed by atoms with Crippen LogP contribution in [0.2, 0.25) is 0 Å². The fourth-order valence-electron chi connectivity index (χ4n) is 7.99. The van der Waals surface area contributed by atoms with Crippen molar-refractivity contribution in [3.63, 3.8) is 0 Å². The van der Waals surface area contributed by atoms with Crippen LogP contribution < -0.4 is 4.74 Å².